The number of carbonyl (C=O) groups excluding carboxylic acids is 5. The average Bonchev–Trinajstić information content (AvgIpc) is 3.28. The number of aliphatic hydroxyl groups is 2. The Morgan fingerprint density at radius 3 is 2.24 bits per heavy atom. The molecule has 3 fully saturated rings. The molecule has 2 N–H and O–H groups in total. The van der Waals surface area contributed by atoms with Gasteiger partial charge in [0.05, 0.1) is 18.3 Å². The van der Waals surface area contributed by atoms with Crippen LogP contribution in [0.3, 0.4) is 0 Å². The lowest BCUT2D eigenvalue weighted by Crippen LogP contribution is -2.61. The molecule has 15 atom stereocenters. The Bertz CT molecular complexity index is 1920. The van der Waals surface area contributed by atoms with Gasteiger partial charge in [0.1, 0.15) is 30.1 Å². The van der Waals surface area contributed by atoms with Gasteiger partial charge in [0.15, 0.2) is 13.2 Å². The number of allylic oxidation sites excluding steroid dienone is 6. The number of hydrogen-bond acceptors (Lipinski definition) is 13. The predicted molar refractivity (Wildman–Crippen MR) is 262 cm³/mol. The summed E-state index contributed by atoms with van der Waals surface area (Å²) in [5.41, 5.74) is 1.27. The van der Waals surface area contributed by atoms with Crippen LogP contribution in [0.25, 0.3) is 0 Å². The quantitative estimate of drug-likeness (QED) is 0.107. The topological polar surface area (TPSA) is 192 Å². The largest absolute Gasteiger partial charge is 0.460 e. The first-order valence-electron chi connectivity index (χ1n) is 25.1. The maximum atomic E-state index is 14.5. The number of fused-ring (bicyclic) bond motifs is 3. The number of ether oxygens (including phenoxy) is 4. The Labute approximate surface area is 406 Å². The first kappa shape index (κ1) is 57.5. The molecule has 1 aliphatic carbocycles. The number of Topliss-reactive ketones (excluding diaryl/α,β-unsaturated/α-hetero) is 3. The number of nitrogens with zero attached hydrogens (tertiary/aromatic N) is 1. The Morgan fingerprint density at radius 1 is 0.882 bits per heavy atom. The zero-order chi connectivity index (χ0) is 50.7. The molecule has 0 aromatic carbocycles. The average molecular weight is 974 g/mol. The summed E-state index contributed by atoms with van der Waals surface area (Å²) in [6, 6.07) is -1.14. The van der Waals surface area contributed by atoms with Crippen molar-refractivity contribution >= 4 is 36.6 Å². The summed E-state index contributed by atoms with van der Waals surface area (Å²) in [5.74, 6) is -7.67. The number of piperidine rings is 1. The molecule has 0 aromatic rings. The van der Waals surface area contributed by atoms with Gasteiger partial charge in [-0.2, -0.15) is 0 Å². The lowest BCUT2D eigenvalue weighted by molar-refractivity contribution is -0.265. The van der Waals surface area contributed by atoms with E-state index in [1.807, 2.05) is 58.1 Å². The fourth-order valence-electron chi connectivity index (χ4n) is 10.6. The lowest BCUT2D eigenvalue weighted by atomic mass is 9.75. The van der Waals surface area contributed by atoms with E-state index in [9.17, 15) is 38.8 Å². The molecular formula is C53H84NO13P. The summed E-state index contributed by atoms with van der Waals surface area (Å²) in [7, 11) is 0.264. The van der Waals surface area contributed by atoms with Gasteiger partial charge in [0, 0.05) is 64.7 Å². The third-order valence-electron chi connectivity index (χ3n) is 14.9. The Hall–Kier alpha value is -3.10. The van der Waals surface area contributed by atoms with Crippen LogP contribution in [0.4, 0.5) is 0 Å². The molecule has 68 heavy (non-hydrogen) atoms. The molecular weight excluding hydrogens is 890 g/mol. The molecule has 3 heterocycles. The van der Waals surface area contributed by atoms with E-state index in [2.05, 4.69) is 6.92 Å². The summed E-state index contributed by atoms with van der Waals surface area (Å²) < 4.78 is 42.4. The molecule has 2 saturated heterocycles. The van der Waals surface area contributed by atoms with Crippen molar-refractivity contribution < 1.29 is 62.2 Å². The van der Waals surface area contributed by atoms with E-state index in [-0.39, 0.29) is 60.7 Å². The standard InChI is InChI=1S/C53H84NO13P/c1-32-18-14-13-15-19-33(2)45(63-9)30-41-23-21-39(8)53(61,66-41)50(58)51(59)54-25-17-16-20-42(54)52(60)65-46(36(5)29-40-22-24-44(35(4)28-40)67-68(11,12)62)31-43(55)34(3)27-38(7)48(57)49(64-10)47(56)37(6)26-32/h13-15,18-19,27,32,34-37,39-42,44-46,48-49,57,61H,16-17,20-26,28-31H2,1-12H3/t32-,34-,35-,36-,37-,39-,40-,41+,42+,44-,45+,46+,48-,49+,53-/m1/s1. The smallest absolute Gasteiger partial charge is 0.329 e. The number of carbonyl (C=O) groups is 5. The van der Waals surface area contributed by atoms with Crippen LogP contribution in [-0.2, 0) is 52.0 Å². The molecule has 0 unspecified atom stereocenters. The SMILES string of the molecule is CO[C@H]1C[C@@H]2CC[C@@H](C)[C@@](O)(O2)C(=O)C(=O)N2CCCC[C@H]2C(=O)O[C@H]([C@H](C)C[C@@H]2CC[C@@H](OP(C)(C)=O)[C@H](C)C2)CC(=O)[C@H](C)C=C(C)[C@@H](O)[C@@H](OC)C(=O)[C@H](C)C[C@H](C)C=CC=CC=C1C. The number of ketones is 3. The van der Waals surface area contributed by atoms with Crippen LogP contribution < -0.4 is 0 Å². The highest BCUT2D eigenvalue weighted by atomic mass is 31.2. The van der Waals surface area contributed by atoms with Crippen molar-refractivity contribution in [2.75, 3.05) is 34.1 Å². The van der Waals surface area contributed by atoms with Crippen LogP contribution in [0.1, 0.15) is 132 Å². The summed E-state index contributed by atoms with van der Waals surface area (Å²) >= 11 is 0. The van der Waals surface area contributed by atoms with Crippen LogP contribution in [-0.4, -0.2) is 127 Å². The molecule has 15 heteroatoms. The van der Waals surface area contributed by atoms with E-state index >= 15 is 0 Å². The van der Waals surface area contributed by atoms with Gasteiger partial charge in [0.2, 0.25) is 5.79 Å². The number of methoxy groups -OCH3 is 2. The minimum Gasteiger partial charge on any atom is -0.460 e. The maximum Gasteiger partial charge on any atom is 0.329 e. The van der Waals surface area contributed by atoms with Gasteiger partial charge in [0.25, 0.3) is 11.7 Å². The number of rotatable bonds is 7. The number of cyclic esters (lactones) is 1. The summed E-state index contributed by atoms with van der Waals surface area (Å²) in [4.78, 5) is 72.1. The zero-order valence-corrected chi connectivity index (χ0v) is 43.9. The maximum absolute atomic E-state index is 14.5. The molecule has 0 aromatic heterocycles. The first-order chi connectivity index (χ1) is 31.9. The number of amides is 1. The van der Waals surface area contributed by atoms with E-state index in [4.69, 9.17) is 23.5 Å². The van der Waals surface area contributed by atoms with Crippen molar-refractivity contribution in [1.82, 2.24) is 4.90 Å². The molecule has 384 valence electrons. The number of hydrogen-bond donors (Lipinski definition) is 2. The second kappa shape index (κ2) is 25.8. The Balaban J connectivity index is 1.70. The fourth-order valence-corrected chi connectivity index (χ4v) is 11.6. The van der Waals surface area contributed by atoms with E-state index in [0.29, 0.717) is 50.5 Å². The van der Waals surface area contributed by atoms with Crippen molar-refractivity contribution in [3.8, 4) is 0 Å². The van der Waals surface area contributed by atoms with Gasteiger partial charge in [-0.3, -0.25) is 23.7 Å². The summed E-state index contributed by atoms with van der Waals surface area (Å²) in [5, 5.41) is 23.4. The Kier molecular flexibility index (Phi) is 21.8. The van der Waals surface area contributed by atoms with E-state index in [1.54, 1.807) is 47.3 Å². The number of aliphatic hydroxyl groups excluding tert-OH is 1. The third kappa shape index (κ3) is 15.7. The Morgan fingerprint density at radius 2 is 1.59 bits per heavy atom. The monoisotopic (exact) mass is 974 g/mol. The van der Waals surface area contributed by atoms with Gasteiger partial charge in [-0.1, -0.05) is 78.0 Å². The van der Waals surface area contributed by atoms with Gasteiger partial charge in [-0.05, 0) is 113 Å². The molecule has 14 nitrogen and oxygen atoms in total. The van der Waals surface area contributed by atoms with Crippen LogP contribution in [0.15, 0.2) is 47.6 Å². The van der Waals surface area contributed by atoms with Crippen LogP contribution >= 0.6 is 7.37 Å². The van der Waals surface area contributed by atoms with E-state index in [1.165, 1.54) is 12.0 Å². The number of esters is 1. The van der Waals surface area contributed by atoms with Crippen LogP contribution in [0.5, 0.6) is 0 Å². The normalized spacial score (nSPS) is 36.9. The third-order valence-corrected chi connectivity index (χ3v) is 15.7. The second-order valence-corrected chi connectivity index (χ2v) is 23.8. The van der Waals surface area contributed by atoms with Gasteiger partial charge < -0.3 is 38.6 Å². The predicted octanol–water partition coefficient (Wildman–Crippen LogP) is 8.36. The summed E-state index contributed by atoms with van der Waals surface area (Å²) in [6.07, 6.45) is 12.6. The molecule has 3 aliphatic heterocycles. The van der Waals surface area contributed by atoms with E-state index < -0.39 is 85.1 Å². The molecule has 4 aliphatic rings. The molecule has 0 radical (unpaired) electrons. The zero-order valence-electron chi connectivity index (χ0n) is 43.0. The van der Waals surface area contributed by atoms with E-state index in [0.717, 1.165) is 24.8 Å². The van der Waals surface area contributed by atoms with Crippen molar-refractivity contribution in [2.24, 2.45) is 41.4 Å². The molecule has 1 saturated carbocycles. The van der Waals surface area contributed by atoms with Crippen molar-refractivity contribution in [3.05, 3.63) is 47.6 Å². The van der Waals surface area contributed by atoms with Gasteiger partial charge in [-0.25, -0.2) is 4.79 Å². The molecule has 4 rings (SSSR count). The fraction of sp³-hybridized carbons (Fsp3) is 0.755. The highest BCUT2D eigenvalue weighted by Crippen LogP contribution is 2.46. The van der Waals surface area contributed by atoms with Gasteiger partial charge >= 0.3 is 5.97 Å². The highest BCUT2D eigenvalue weighted by Gasteiger charge is 2.53. The lowest BCUT2D eigenvalue weighted by Gasteiger charge is -2.42. The van der Waals surface area contributed by atoms with Crippen LogP contribution in [0.2, 0.25) is 0 Å². The molecule has 2 bridgehead atoms. The minimum absolute atomic E-state index is 0.0182. The highest BCUT2D eigenvalue weighted by molar-refractivity contribution is 7.57. The van der Waals surface area contributed by atoms with Gasteiger partial charge in [-0.15, -0.1) is 0 Å². The van der Waals surface area contributed by atoms with Crippen LogP contribution in [0, 0.1) is 41.4 Å². The van der Waals surface area contributed by atoms with Crippen molar-refractivity contribution in [3.63, 3.8) is 0 Å². The molecule has 1 amide bonds. The van der Waals surface area contributed by atoms with Crippen molar-refractivity contribution in [2.45, 2.75) is 181 Å². The van der Waals surface area contributed by atoms with Crippen molar-refractivity contribution in [1.29, 1.82) is 0 Å². The first-order valence-corrected chi connectivity index (χ1v) is 27.6. The summed E-state index contributed by atoms with van der Waals surface area (Å²) in [6.45, 7) is 18.1. The molecule has 0 spiro atoms. The second-order valence-electron chi connectivity index (χ2n) is 21.1. The minimum atomic E-state index is -2.70.